The molecule has 2 amide bonds. The molecule has 1 aliphatic heterocycles. The fourth-order valence-corrected chi connectivity index (χ4v) is 7.05. The minimum atomic E-state index is -3.92. The number of hydrogen-bond donors (Lipinski definition) is 6. The standard InChI is InChI=1S/C31H41N9O10S2/c32-52(49,50)31-36-35-30(51-31)34-29(48)24(16-22-6-3-5-21-4-1-2-7-23(21)22)33-25(41)17-37-8-10-38(18-26(42)43)12-14-40(20-28(46)47)15-13-39(11-9-37)19-27(44)45/h1-7,24H,8-20H2,(H,33,41)(H,42,43)(H,44,45)(H,46,47)(H2,32,49,50)(H,34,35,48)/p+1/t24-/m0/s1. The Bertz CT molecular complexity index is 1820. The maximum absolute atomic E-state index is 13.7. The summed E-state index contributed by atoms with van der Waals surface area (Å²) in [6, 6.07) is 11.9. The maximum atomic E-state index is 13.7. The van der Waals surface area contributed by atoms with Gasteiger partial charge >= 0.3 is 27.9 Å². The van der Waals surface area contributed by atoms with Crippen molar-refractivity contribution in [2.45, 2.75) is 16.8 Å². The van der Waals surface area contributed by atoms with Crippen LogP contribution >= 0.6 is 11.3 Å². The van der Waals surface area contributed by atoms with Gasteiger partial charge in [0.15, 0.2) is 0 Å². The Morgan fingerprint density at radius 2 is 1.25 bits per heavy atom. The number of carboxylic acids is 3. The number of nitrogens with two attached hydrogens (primary N) is 1. The number of carboxylic acid groups (broad SMARTS) is 3. The van der Waals surface area contributed by atoms with Crippen LogP contribution < -0.4 is 15.8 Å². The first-order chi connectivity index (χ1) is 24.7. The van der Waals surface area contributed by atoms with Crippen molar-refractivity contribution in [1.29, 1.82) is 0 Å². The Balaban J connectivity index is 1.55. The fraction of sp³-hybridized carbons (Fsp3) is 0.452. The van der Waals surface area contributed by atoms with Gasteiger partial charge in [-0.1, -0.05) is 53.8 Å². The molecule has 1 fully saturated rings. The van der Waals surface area contributed by atoms with E-state index in [9.17, 15) is 47.7 Å². The van der Waals surface area contributed by atoms with Crippen LogP contribution in [0.5, 0.6) is 0 Å². The zero-order chi connectivity index (χ0) is 37.8. The van der Waals surface area contributed by atoms with E-state index in [-0.39, 0.29) is 90.1 Å². The molecule has 2 aromatic carbocycles. The summed E-state index contributed by atoms with van der Waals surface area (Å²) in [7, 11) is -3.92. The van der Waals surface area contributed by atoms with Gasteiger partial charge in [0, 0.05) is 58.8 Å². The van der Waals surface area contributed by atoms with Gasteiger partial charge in [-0.3, -0.25) is 48.9 Å². The first-order valence-corrected chi connectivity index (χ1v) is 18.6. The number of carbonyl (C=O) groups is 5. The van der Waals surface area contributed by atoms with Gasteiger partial charge in [0.2, 0.25) is 16.9 Å². The lowest BCUT2D eigenvalue weighted by Gasteiger charge is -2.33. The molecule has 2 heterocycles. The molecule has 0 radical (unpaired) electrons. The van der Waals surface area contributed by atoms with Crippen LogP contribution in [-0.2, 0) is 40.4 Å². The highest BCUT2D eigenvalue weighted by atomic mass is 32.2. The molecule has 1 saturated heterocycles. The van der Waals surface area contributed by atoms with Crippen LogP contribution in [0.4, 0.5) is 5.13 Å². The first kappa shape index (κ1) is 40.1. The zero-order valence-electron chi connectivity index (χ0n) is 28.1. The second-order valence-corrected chi connectivity index (χ2v) is 14.9. The number of fused-ring (bicyclic) bond motifs is 1. The van der Waals surface area contributed by atoms with Gasteiger partial charge in [-0.05, 0) is 16.3 Å². The predicted molar refractivity (Wildman–Crippen MR) is 189 cm³/mol. The molecule has 3 aromatic rings. The van der Waals surface area contributed by atoms with Gasteiger partial charge in [0.1, 0.15) is 6.04 Å². The van der Waals surface area contributed by atoms with Crippen molar-refractivity contribution >= 4 is 67.0 Å². The average molecular weight is 765 g/mol. The number of anilines is 1. The SMILES string of the molecule is NS(=O)(=[OH+])c1nnc(NC(=O)[C@H](Cc2cccc3ccccc23)NC(=O)CN2CCN(CC(=O)O)CCN(CC(=O)O)CCN(CC(=O)O)CC2)s1. The van der Waals surface area contributed by atoms with E-state index in [4.69, 9.17) is 5.14 Å². The van der Waals surface area contributed by atoms with E-state index in [1.165, 1.54) is 0 Å². The van der Waals surface area contributed by atoms with E-state index in [0.29, 0.717) is 11.3 Å². The van der Waals surface area contributed by atoms with Crippen LogP contribution in [0.25, 0.3) is 10.8 Å². The van der Waals surface area contributed by atoms with Crippen LogP contribution in [0.2, 0.25) is 0 Å². The number of aliphatic carboxylic acids is 3. The lowest BCUT2D eigenvalue weighted by Crippen LogP contribution is -2.52. The summed E-state index contributed by atoms with van der Waals surface area (Å²) in [5, 5.41) is 47.9. The summed E-state index contributed by atoms with van der Waals surface area (Å²) < 4.78 is 21.1. The molecule has 282 valence electrons. The summed E-state index contributed by atoms with van der Waals surface area (Å²) in [4.78, 5) is 68.7. The number of nitrogens with zero attached hydrogens (tertiary/aromatic N) is 6. The number of aromatic nitrogens is 2. The lowest BCUT2D eigenvalue weighted by atomic mass is 9.98. The van der Waals surface area contributed by atoms with Gasteiger partial charge in [0.25, 0.3) is 4.34 Å². The predicted octanol–water partition coefficient (Wildman–Crippen LogP) is -1.36. The molecule has 4 rings (SSSR count). The normalized spacial score (nSPS) is 17.6. The Labute approximate surface area is 303 Å². The highest BCUT2D eigenvalue weighted by molar-refractivity contribution is 7.91. The highest BCUT2D eigenvalue weighted by Crippen LogP contribution is 2.22. The molecule has 21 heteroatoms. The third-order valence-corrected chi connectivity index (χ3v) is 10.4. The topological polar surface area (TPSA) is 273 Å². The van der Waals surface area contributed by atoms with E-state index >= 15 is 0 Å². The molecular formula is C31H42N9O10S2+. The molecule has 0 aliphatic carbocycles. The first-order valence-electron chi connectivity index (χ1n) is 16.2. The van der Waals surface area contributed by atoms with Gasteiger partial charge in [-0.25, -0.2) is 4.21 Å². The van der Waals surface area contributed by atoms with Gasteiger partial charge in [-0.15, -0.1) is 10.2 Å². The Kier molecular flexibility index (Phi) is 14.5. The van der Waals surface area contributed by atoms with E-state index in [2.05, 4.69) is 20.8 Å². The summed E-state index contributed by atoms with van der Waals surface area (Å²) in [6.45, 7) is 0.536. The van der Waals surface area contributed by atoms with Crippen molar-refractivity contribution in [3.05, 3.63) is 48.0 Å². The minimum Gasteiger partial charge on any atom is -0.480 e. The van der Waals surface area contributed by atoms with Crippen molar-refractivity contribution in [2.24, 2.45) is 5.14 Å². The summed E-state index contributed by atoms with van der Waals surface area (Å²) >= 11 is 0.614. The third kappa shape index (κ3) is 12.8. The van der Waals surface area contributed by atoms with Crippen molar-refractivity contribution in [3.8, 4) is 0 Å². The Hall–Kier alpha value is -4.64. The summed E-state index contributed by atoms with van der Waals surface area (Å²) in [5.74, 6) is -4.44. The van der Waals surface area contributed by atoms with Gasteiger partial charge < -0.3 is 20.6 Å². The van der Waals surface area contributed by atoms with Crippen LogP contribution in [0, 0.1) is 0 Å². The molecule has 0 saturated carbocycles. The molecule has 0 spiro atoms. The molecule has 2 atom stereocenters. The largest absolute Gasteiger partial charge is 0.480 e. The molecule has 52 heavy (non-hydrogen) atoms. The minimum absolute atomic E-state index is 0.0594. The van der Waals surface area contributed by atoms with Crippen molar-refractivity contribution in [2.75, 3.05) is 83.9 Å². The van der Waals surface area contributed by atoms with E-state index in [1.54, 1.807) is 19.6 Å². The van der Waals surface area contributed by atoms with E-state index in [0.717, 1.165) is 16.3 Å². The van der Waals surface area contributed by atoms with Crippen molar-refractivity contribution in [3.63, 3.8) is 0 Å². The second-order valence-electron chi connectivity index (χ2n) is 12.2. The van der Waals surface area contributed by atoms with Gasteiger partial charge in [-0.2, -0.15) is 9.35 Å². The number of rotatable bonds is 14. The van der Waals surface area contributed by atoms with Crippen LogP contribution in [0.1, 0.15) is 5.56 Å². The van der Waals surface area contributed by atoms with E-state index in [1.807, 2.05) is 42.5 Å². The highest BCUT2D eigenvalue weighted by Gasteiger charge is 2.27. The van der Waals surface area contributed by atoms with Crippen LogP contribution in [-0.4, -0.2) is 168 Å². The Morgan fingerprint density at radius 3 is 1.73 bits per heavy atom. The smallest absolute Gasteiger partial charge is 0.399 e. The van der Waals surface area contributed by atoms with Crippen LogP contribution in [0.15, 0.2) is 46.8 Å². The fourth-order valence-electron chi connectivity index (χ4n) is 5.70. The molecule has 8 N–H and O–H groups in total. The second kappa shape index (κ2) is 18.7. The quantitative estimate of drug-likeness (QED) is 0.0817. The van der Waals surface area contributed by atoms with E-state index < -0.39 is 50.1 Å². The number of carbonyl (C=O) groups excluding carboxylic acids is 2. The molecule has 0 bridgehead atoms. The number of hydrogen-bond acceptors (Lipinski definition) is 13. The maximum Gasteiger partial charge on any atom is 0.399 e. The monoisotopic (exact) mass is 764 g/mol. The van der Waals surface area contributed by atoms with Gasteiger partial charge in [0.05, 0.1) is 26.2 Å². The number of amides is 2. The van der Waals surface area contributed by atoms with Crippen molar-refractivity contribution < 1.29 is 47.7 Å². The summed E-state index contributed by atoms with van der Waals surface area (Å²) in [5.41, 5.74) is 0.758. The molecule has 1 aliphatic rings. The molecule has 1 unspecified atom stereocenters. The number of benzene rings is 2. The van der Waals surface area contributed by atoms with Crippen molar-refractivity contribution in [1.82, 2.24) is 35.1 Å². The molecule has 19 nitrogen and oxygen atoms in total. The lowest BCUT2D eigenvalue weighted by molar-refractivity contribution is -0.140. The van der Waals surface area contributed by atoms with Crippen LogP contribution in [0.3, 0.4) is 0 Å². The molecule has 1 aromatic heterocycles. The number of nitrogens with one attached hydrogen (secondary N) is 2. The summed E-state index contributed by atoms with van der Waals surface area (Å²) in [6.07, 6.45) is 0.0594. The third-order valence-electron chi connectivity index (χ3n) is 8.22. The average Bonchev–Trinajstić information content (AvgIpc) is 3.54. The Morgan fingerprint density at radius 1 is 0.769 bits per heavy atom. The zero-order valence-corrected chi connectivity index (χ0v) is 29.8. The molecular weight excluding hydrogens is 723 g/mol.